The molecule has 0 radical (unpaired) electrons. The van der Waals surface area contributed by atoms with E-state index in [1.807, 2.05) is 0 Å². The van der Waals surface area contributed by atoms with Gasteiger partial charge < -0.3 is 14.0 Å². The van der Waals surface area contributed by atoms with E-state index in [9.17, 15) is 27.6 Å². The van der Waals surface area contributed by atoms with E-state index >= 15 is 0 Å². The first-order valence-corrected chi connectivity index (χ1v) is 12.6. The Hall–Kier alpha value is -4.35. The standard InChI is InChI=1S/C28H27F3N4O5/c1-27(2,3)40-26(38)34-11-10-33-15-21(32-23(33)16-34)25(37)35-12-13-39-22-9-6-18(14-20(22)24(35)36)17-4-7-19(8-5-17)28(29,30)31/h4-9,14-15H,10-13,16H2,1-3H3. The van der Waals surface area contributed by atoms with Gasteiger partial charge >= 0.3 is 12.3 Å². The van der Waals surface area contributed by atoms with Crippen molar-refractivity contribution >= 4 is 17.9 Å². The predicted molar refractivity (Wildman–Crippen MR) is 137 cm³/mol. The van der Waals surface area contributed by atoms with Crippen molar-refractivity contribution in [3.8, 4) is 16.9 Å². The number of hydrogen-bond acceptors (Lipinski definition) is 6. The summed E-state index contributed by atoms with van der Waals surface area (Å²) in [7, 11) is 0. The van der Waals surface area contributed by atoms with Crippen molar-refractivity contribution in [2.75, 3.05) is 19.7 Å². The van der Waals surface area contributed by atoms with Gasteiger partial charge in [0, 0.05) is 19.3 Å². The quantitative estimate of drug-likeness (QED) is 0.413. The fraction of sp³-hybridized carbons (Fsp3) is 0.357. The van der Waals surface area contributed by atoms with Crippen LogP contribution in [0.5, 0.6) is 5.75 Å². The van der Waals surface area contributed by atoms with Crippen molar-refractivity contribution in [3.05, 3.63) is 71.3 Å². The topological polar surface area (TPSA) is 94.0 Å². The molecular weight excluding hydrogens is 529 g/mol. The van der Waals surface area contributed by atoms with Crippen LogP contribution in [0.1, 0.15) is 53.0 Å². The second-order valence-electron chi connectivity index (χ2n) is 10.5. The van der Waals surface area contributed by atoms with Crippen molar-refractivity contribution in [3.63, 3.8) is 0 Å². The van der Waals surface area contributed by atoms with Gasteiger partial charge in [-0.15, -0.1) is 0 Å². The number of imide groups is 1. The normalized spacial score (nSPS) is 15.6. The highest BCUT2D eigenvalue weighted by molar-refractivity contribution is 6.11. The highest BCUT2D eigenvalue weighted by Crippen LogP contribution is 2.33. The molecule has 3 heterocycles. The molecule has 0 aliphatic carbocycles. The molecule has 12 heteroatoms. The third-order valence-corrected chi connectivity index (χ3v) is 6.49. The van der Waals surface area contributed by atoms with E-state index in [1.165, 1.54) is 23.1 Å². The second-order valence-corrected chi connectivity index (χ2v) is 10.5. The van der Waals surface area contributed by atoms with E-state index in [1.54, 1.807) is 43.7 Å². The molecule has 2 aromatic carbocycles. The van der Waals surface area contributed by atoms with Crippen LogP contribution in [-0.2, 0) is 24.0 Å². The van der Waals surface area contributed by atoms with Crippen LogP contribution in [0.3, 0.4) is 0 Å². The fourth-order valence-corrected chi connectivity index (χ4v) is 4.52. The van der Waals surface area contributed by atoms with Gasteiger partial charge in [0.15, 0.2) is 0 Å². The number of hydrogen-bond donors (Lipinski definition) is 0. The number of halogens is 3. The van der Waals surface area contributed by atoms with E-state index in [4.69, 9.17) is 9.47 Å². The third kappa shape index (κ3) is 5.51. The first-order valence-electron chi connectivity index (χ1n) is 12.6. The van der Waals surface area contributed by atoms with Crippen LogP contribution in [0.4, 0.5) is 18.0 Å². The maximum Gasteiger partial charge on any atom is 0.416 e. The minimum Gasteiger partial charge on any atom is -0.491 e. The van der Waals surface area contributed by atoms with Crippen molar-refractivity contribution in [1.29, 1.82) is 0 Å². The lowest BCUT2D eigenvalue weighted by atomic mass is 10.0. The Morgan fingerprint density at radius 1 is 0.975 bits per heavy atom. The van der Waals surface area contributed by atoms with Gasteiger partial charge in [-0.3, -0.25) is 19.4 Å². The maximum absolute atomic E-state index is 13.5. The van der Waals surface area contributed by atoms with Crippen LogP contribution >= 0.6 is 0 Å². The number of ether oxygens (including phenoxy) is 2. The molecule has 210 valence electrons. The zero-order chi connectivity index (χ0) is 28.8. The molecule has 9 nitrogen and oxygen atoms in total. The molecule has 0 N–H and O–H groups in total. The minimum absolute atomic E-state index is 0.0197. The molecule has 0 atom stereocenters. The first-order chi connectivity index (χ1) is 18.8. The molecule has 5 rings (SSSR count). The van der Waals surface area contributed by atoms with Crippen molar-refractivity contribution in [2.24, 2.45) is 0 Å². The summed E-state index contributed by atoms with van der Waals surface area (Å²) in [5.41, 5.74) is -0.289. The van der Waals surface area contributed by atoms with Gasteiger partial charge in [-0.05, 0) is 56.2 Å². The molecule has 0 fully saturated rings. The van der Waals surface area contributed by atoms with E-state index in [2.05, 4.69) is 4.98 Å². The zero-order valence-electron chi connectivity index (χ0n) is 22.1. The molecule has 0 unspecified atom stereocenters. The second kappa shape index (κ2) is 10.00. The van der Waals surface area contributed by atoms with E-state index < -0.39 is 35.2 Å². The molecule has 0 bridgehead atoms. The smallest absolute Gasteiger partial charge is 0.416 e. The number of carbonyl (C=O) groups excluding carboxylic acids is 3. The summed E-state index contributed by atoms with van der Waals surface area (Å²) in [4.78, 5) is 46.4. The summed E-state index contributed by atoms with van der Waals surface area (Å²) in [6, 6.07) is 9.31. The van der Waals surface area contributed by atoms with Gasteiger partial charge in [0.2, 0.25) is 0 Å². The van der Waals surface area contributed by atoms with E-state index in [0.29, 0.717) is 30.0 Å². The molecule has 0 spiro atoms. The molecule has 2 aliphatic rings. The summed E-state index contributed by atoms with van der Waals surface area (Å²) in [6.45, 7) is 6.31. The lowest BCUT2D eigenvalue weighted by Gasteiger charge is -2.30. The molecule has 3 amide bonds. The number of amides is 3. The molecule has 1 aromatic heterocycles. The monoisotopic (exact) mass is 556 g/mol. The van der Waals surface area contributed by atoms with Gasteiger partial charge in [-0.25, -0.2) is 9.78 Å². The molecule has 2 aliphatic heterocycles. The fourth-order valence-electron chi connectivity index (χ4n) is 4.52. The number of carbonyl (C=O) groups is 3. The number of nitrogens with zero attached hydrogens (tertiary/aromatic N) is 4. The average molecular weight is 557 g/mol. The number of fused-ring (bicyclic) bond motifs is 2. The summed E-state index contributed by atoms with van der Waals surface area (Å²) in [6.07, 6.45) is -3.38. The Morgan fingerprint density at radius 3 is 2.35 bits per heavy atom. The molecule has 0 saturated heterocycles. The number of benzene rings is 2. The van der Waals surface area contributed by atoms with Crippen LogP contribution in [-0.4, -0.2) is 62.6 Å². The zero-order valence-corrected chi connectivity index (χ0v) is 22.1. The molecular formula is C28H27F3N4O5. The van der Waals surface area contributed by atoms with Crippen molar-refractivity contribution < 1.29 is 37.0 Å². The van der Waals surface area contributed by atoms with Gasteiger partial charge in [0.05, 0.1) is 24.2 Å². The summed E-state index contributed by atoms with van der Waals surface area (Å²) < 4.78 is 51.8. The summed E-state index contributed by atoms with van der Waals surface area (Å²) >= 11 is 0. The largest absolute Gasteiger partial charge is 0.491 e. The summed E-state index contributed by atoms with van der Waals surface area (Å²) in [5, 5.41) is 0. The molecule has 40 heavy (non-hydrogen) atoms. The van der Waals surface area contributed by atoms with Crippen LogP contribution in [0.2, 0.25) is 0 Å². The van der Waals surface area contributed by atoms with Gasteiger partial charge in [0.25, 0.3) is 11.8 Å². The Kier molecular flexibility index (Phi) is 6.80. The SMILES string of the molecule is CC(C)(C)OC(=O)N1CCn2cc(C(=O)N3CCOc4ccc(-c5ccc(C(F)(F)F)cc5)cc4C3=O)nc2C1. The van der Waals surface area contributed by atoms with Gasteiger partial charge in [-0.1, -0.05) is 18.2 Å². The lowest BCUT2D eigenvalue weighted by Crippen LogP contribution is -2.41. The Bertz CT molecular complexity index is 1470. The minimum atomic E-state index is -4.46. The van der Waals surface area contributed by atoms with Crippen molar-refractivity contribution in [2.45, 2.75) is 45.6 Å². The van der Waals surface area contributed by atoms with E-state index in [-0.39, 0.29) is 36.7 Å². The molecule has 3 aromatic rings. The van der Waals surface area contributed by atoms with Crippen LogP contribution in [0.25, 0.3) is 11.1 Å². The maximum atomic E-state index is 13.5. The number of alkyl halides is 3. The van der Waals surface area contributed by atoms with Gasteiger partial charge in [0.1, 0.15) is 29.5 Å². The van der Waals surface area contributed by atoms with Crippen molar-refractivity contribution in [1.82, 2.24) is 19.4 Å². The highest BCUT2D eigenvalue weighted by atomic mass is 19.4. The van der Waals surface area contributed by atoms with E-state index in [0.717, 1.165) is 17.0 Å². The van der Waals surface area contributed by atoms with Crippen LogP contribution in [0, 0.1) is 0 Å². The third-order valence-electron chi connectivity index (χ3n) is 6.49. The first kappa shape index (κ1) is 27.2. The average Bonchev–Trinajstić information content (AvgIpc) is 3.25. The number of rotatable bonds is 2. The van der Waals surface area contributed by atoms with Gasteiger partial charge in [-0.2, -0.15) is 13.2 Å². The summed E-state index contributed by atoms with van der Waals surface area (Å²) in [5.74, 6) is -0.461. The highest BCUT2D eigenvalue weighted by Gasteiger charge is 2.33. The Labute approximate surface area is 228 Å². The lowest BCUT2D eigenvalue weighted by molar-refractivity contribution is -0.137. The number of imidazole rings is 1. The number of aromatic nitrogens is 2. The van der Waals surface area contributed by atoms with Crippen LogP contribution in [0.15, 0.2) is 48.7 Å². The predicted octanol–water partition coefficient (Wildman–Crippen LogP) is 4.99. The Morgan fingerprint density at radius 2 is 1.68 bits per heavy atom. The molecule has 0 saturated carbocycles. The van der Waals surface area contributed by atoms with Crippen LogP contribution < -0.4 is 4.74 Å². The Balaban J connectivity index is 1.36.